The summed E-state index contributed by atoms with van der Waals surface area (Å²) in [5.74, 6) is 0. The maximum atomic E-state index is 11.3. The van der Waals surface area contributed by atoms with Gasteiger partial charge in [0.25, 0.3) is 0 Å². The van der Waals surface area contributed by atoms with Gasteiger partial charge in [-0.05, 0) is 43.4 Å². The van der Waals surface area contributed by atoms with E-state index in [1.807, 2.05) is 25.2 Å². The Kier molecular flexibility index (Phi) is 4.34. The molecule has 19 heavy (non-hydrogen) atoms. The summed E-state index contributed by atoms with van der Waals surface area (Å²) in [6.07, 6.45) is 0. The molecule has 7 heteroatoms. The van der Waals surface area contributed by atoms with E-state index in [1.165, 1.54) is 16.3 Å². The van der Waals surface area contributed by atoms with Gasteiger partial charge in [-0.15, -0.1) is 5.10 Å². The van der Waals surface area contributed by atoms with Crippen LogP contribution in [0.4, 0.5) is 0 Å². The summed E-state index contributed by atoms with van der Waals surface area (Å²) in [6, 6.07) is 6.12. The molecule has 5 nitrogen and oxygen atoms in total. The van der Waals surface area contributed by atoms with Crippen molar-refractivity contribution < 1.29 is 0 Å². The number of hydrogen-bond donors (Lipinski definition) is 2. The first kappa shape index (κ1) is 14.2. The van der Waals surface area contributed by atoms with E-state index in [2.05, 4.69) is 22.4 Å². The minimum absolute atomic E-state index is 0.237. The lowest BCUT2D eigenvalue weighted by molar-refractivity contribution is 0.652. The van der Waals surface area contributed by atoms with Crippen molar-refractivity contribution in [3.8, 4) is 0 Å². The van der Waals surface area contributed by atoms with Crippen LogP contribution in [0.15, 0.2) is 33.0 Å². The van der Waals surface area contributed by atoms with Crippen LogP contribution in [0.3, 0.4) is 0 Å². The van der Waals surface area contributed by atoms with Gasteiger partial charge in [-0.2, -0.15) is 0 Å². The standard InChI is InChI=1S/C12H15ClN4OS/c1-7(14-2)8-4-5-10(9(13)6-8)19-12-16-15-11(18)17(12)3/h4-7,14H,1-3H3,(H,15,18). The summed E-state index contributed by atoms with van der Waals surface area (Å²) in [5.41, 5.74) is 0.881. The average molecular weight is 299 g/mol. The third-order valence-corrected chi connectivity index (χ3v) is 4.48. The second-order valence-electron chi connectivity index (χ2n) is 4.17. The maximum Gasteiger partial charge on any atom is 0.343 e. The van der Waals surface area contributed by atoms with Crippen LogP contribution < -0.4 is 11.0 Å². The summed E-state index contributed by atoms with van der Waals surface area (Å²) < 4.78 is 1.45. The first-order valence-corrected chi connectivity index (χ1v) is 6.98. The molecule has 102 valence electrons. The van der Waals surface area contributed by atoms with Gasteiger partial charge in [-0.3, -0.25) is 4.57 Å². The van der Waals surface area contributed by atoms with E-state index in [1.54, 1.807) is 7.05 Å². The molecule has 0 spiro atoms. The average Bonchev–Trinajstić information content (AvgIpc) is 2.72. The molecule has 0 aliphatic rings. The molecule has 0 aliphatic heterocycles. The molecule has 1 atom stereocenters. The van der Waals surface area contributed by atoms with Crippen LogP contribution in [0.1, 0.15) is 18.5 Å². The van der Waals surface area contributed by atoms with Crippen molar-refractivity contribution in [3.63, 3.8) is 0 Å². The van der Waals surface area contributed by atoms with E-state index in [9.17, 15) is 4.79 Å². The first-order chi connectivity index (χ1) is 9.02. The topological polar surface area (TPSA) is 62.7 Å². The fourth-order valence-electron chi connectivity index (χ4n) is 1.56. The number of halogens is 1. The van der Waals surface area contributed by atoms with Crippen LogP contribution in [0.25, 0.3) is 0 Å². The minimum Gasteiger partial charge on any atom is -0.313 e. The largest absolute Gasteiger partial charge is 0.343 e. The Balaban J connectivity index is 2.27. The highest BCUT2D eigenvalue weighted by Crippen LogP contribution is 2.33. The molecule has 2 aromatic rings. The second kappa shape index (κ2) is 5.81. The second-order valence-corrected chi connectivity index (χ2v) is 5.59. The van der Waals surface area contributed by atoms with Crippen molar-refractivity contribution in [1.82, 2.24) is 20.1 Å². The van der Waals surface area contributed by atoms with Crippen molar-refractivity contribution in [2.45, 2.75) is 23.0 Å². The SMILES string of the molecule is CNC(C)c1ccc(Sc2n[nH]c(=O)n2C)c(Cl)c1. The number of rotatable bonds is 4. The van der Waals surface area contributed by atoms with Crippen molar-refractivity contribution in [2.24, 2.45) is 7.05 Å². The van der Waals surface area contributed by atoms with Gasteiger partial charge in [-0.25, -0.2) is 9.89 Å². The fraction of sp³-hybridized carbons (Fsp3) is 0.333. The van der Waals surface area contributed by atoms with Crippen LogP contribution >= 0.6 is 23.4 Å². The highest BCUT2D eigenvalue weighted by atomic mass is 35.5. The van der Waals surface area contributed by atoms with Crippen LogP contribution in [0.5, 0.6) is 0 Å². The summed E-state index contributed by atoms with van der Waals surface area (Å²) in [5, 5.41) is 10.7. The molecule has 1 aromatic heterocycles. The zero-order chi connectivity index (χ0) is 14.0. The number of hydrogen-bond acceptors (Lipinski definition) is 4. The van der Waals surface area contributed by atoms with Crippen LogP contribution in [-0.4, -0.2) is 21.8 Å². The maximum absolute atomic E-state index is 11.3. The lowest BCUT2D eigenvalue weighted by Crippen LogP contribution is -2.13. The summed E-state index contributed by atoms with van der Waals surface area (Å²) in [7, 11) is 3.57. The van der Waals surface area contributed by atoms with E-state index in [-0.39, 0.29) is 11.7 Å². The Labute approximate surface area is 120 Å². The monoisotopic (exact) mass is 298 g/mol. The van der Waals surface area contributed by atoms with Gasteiger partial charge in [0, 0.05) is 18.0 Å². The number of H-pyrrole nitrogens is 1. The minimum atomic E-state index is -0.237. The molecule has 0 saturated carbocycles. The number of benzene rings is 1. The van der Waals surface area contributed by atoms with Crippen LogP contribution in [0, 0.1) is 0 Å². The number of nitrogens with one attached hydrogen (secondary N) is 2. The lowest BCUT2D eigenvalue weighted by Gasteiger charge is -2.12. The molecule has 1 aromatic carbocycles. The van der Waals surface area contributed by atoms with E-state index < -0.39 is 0 Å². The molecule has 0 aliphatic carbocycles. The molecule has 0 amide bonds. The predicted octanol–water partition coefficient (Wildman–Crippen LogP) is 2.19. The molecule has 2 N–H and O–H groups in total. The Hall–Kier alpha value is -1.24. The Morgan fingerprint density at radius 2 is 2.26 bits per heavy atom. The van der Waals surface area contributed by atoms with Crippen molar-refractivity contribution in [1.29, 1.82) is 0 Å². The predicted molar refractivity (Wildman–Crippen MR) is 76.9 cm³/mol. The van der Waals surface area contributed by atoms with Gasteiger partial charge in [0.2, 0.25) is 0 Å². The van der Waals surface area contributed by atoms with Crippen LogP contribution in [-0.2, 0) is 7.05 Å². The molecule has 1 heterocycles. The van der Waals surface area contributed by atoms with E-state index in [4.69, 9.17) is 11.6 Å². The molecule has 0 saturated heterocycles. The van der Waals surface area contributed by atoms with Gasteiger partial charge in [0.1, 0.15) is 0 Å². The third-order valence-electron chi connectivity index (χ3n) is 2.93. The zero-order valence-electron chi connectivity index (χ0n) is 10.9. The Morgan fingerprint density at radius 1 is 1.53 bits per heavy atom. The van der Waals surface area contributed by atoms with Gasteiger partial charge in [-0.1, -0.05) is 17.7 Å². The fourth-order valence-corrected chi connectivity index (χ4v) is 2.66. The first-order valence-electron chi connectivity index (χ1n) is 5.79. The third kappa shape index (κ3) is 3.02. The van der Waals surface area contributed by atoms with Gasteiger partial charge in [0.05, 0.1) is 5.02 Å². The number of aromatic amines is 1. The number of aromatic nitrogens is 3. The van der Waals surface area contributed by atoms with Crippen molar-refractivity contribution in [2.75, 3.05) is 7.05 Å². The summed E-state index contributed by atoms with van der Waals surface area (Å²) >= 11 is 7.62. The van der Waals surface area contributed by atoms with Crippen molar-refractivity contribution >= 4 is 23.4 Å². The molecular weight excluding hydrogens is 284 g/mol. The normalized spacial score (nSPS) is 12.6. The van der Waals surface area contributed by atoms with Crippen LogP contribution in [0.2, 0.25) is 5.02 Å². The molecule has 2 rings (SSSR count). The van der Waals surface area contributed by atoms with E-state index in [0.29, 0.717) is 10.2 Å². The summed E-state index contributed by atoms with van der Waals surface area (Å²) in [6.45, 7) is 2.07. The molecule has 1 unspecified atom stereocenters. The molecule has 0 radical (unpaired) electrons. The molecule has 0 bridgehead atoms. The van der Waals surface area contributed by atoms with Gasteiger partial charge < -0.3 is 5.32 Å². The molecule has 0 fully saturated rings. The summed E-state index contributed by atoms with van der Waals surface area (Å²) in [4.78, 5) is 12.2. The zero-order valence-corrected chi connectivity index (χ0v) is 12.5. The van der Waals surface area contributed by atoms with Gasteiger partial charge in [0.15, 0.2) is 5.16 Å². The van der Waals surface area contributed by atoms with E-state index in [0.717, 1.165) is 10.5 Å². The Bertz CT molecular complexity index is 637. The number of nitrogens with zero attached hydrogens (tertiary/aromatic N) is 2. The highest BCUT2D eigenvalue weighted by Gasteiger charge is 2.11. The quantitative estimate of drug-likeness (QED) is 0.908. The van der Waals surface area contributed by atoms with E-state index >= 15 is 0 Å². The molecular formula is C12H15ClN4OS. The smallest absolute Gasteiger partial charge is 0.313 e. The lowest BCUT2D eigenvalue weighted by atomic mass is 10.1. The van der Waals surface area contributed by atoms with Crippen molar-refractivity contribution in [3.05, 3.63) is 39.3 Å². The highest BCUT2D eigenvalue weighted by molar-refractivity contribution is 7.99. The Morgan fingerprint density at radius 3 is 2.79 bits per heavy atom. The van der Waals surface area contributed by atoms with Gasteiger partial charge >= 0.3 is 5.69 Å².